The Bertz CT molecular complexity index is 1300. The Morgan fingerprint density at radius 2 is 1.84 bits per heavy atom. The lowest BCUT2D eigenvalue weighted by molar-refractivity contribution is 0.116. The van der Waals surface area contributed by atoms with Crippen molar-refractivity contribution in [2.45, 2.75) is 31.9 Å². The van der Waals surface area contributed by atoms with E-state index in [-0.39, 0.29) is 29.7 Å². The van der Waals surface area contributed by atoms with E-state index < -0.39 is 18.1 Å². The van der Waals surface area contributed by atoms with Gasteiger partial charge in [-0.05, 0) is 55.8 Å². The molecule has 32 heavy (non-hydrogen) atoms. The maximum atomic E-state index is 14.8. The van der Waals surface area contributed by atoms with Gasteiger partial charge in [-0.2, -0.15) is 8.78 Å². The largest absolute Gasteiger partial charge is 0.415 e. The van der Waals surface area contributed by atoms with E-state index in [9.17, 15) is 18.0 Å². The summed E-state index contributed by atoms with van der Waals surface area (Å²) in [5, 5.41) is 10.2. The molecule has 0 radical (unpaired) electrons. The lowest BCUT2D eigenvalue weighted by Gasteiger charge is -2.23. The van der Waals surface area contributed by atoms with Gasteiger partial charge in [0.1, 0.15) is 11.3 Å². The van der Waals surface area contributed by atoms with Gasteiger partial charge in [0.05, 0.1) is 12.1 Å². The number of nitrogens with one attached hydrogen (secondary N) is 1. The predicted molar refractivity (Wildman–Crippen MR) is 111 cm³/mol. The molecule has 2 aromatic carbocycles. The number of fused-ring (bicyclic) bond motifs is 1. The van der Waals surface area contributed by atoms with E-state index in [1.54, 1.807) is 41.0 Å². The monoisotopic (exact) mass is 443 g/mol. The zero-order valence-electron chi connectivity index (χ0n) is 17.0. The Morgan fingerprint density at radius 3 is 2.53 bits per heavy atom. The van der Waals surface area contributed by atoms with E-state index in [1.807, 2.05) is 0 Å². The number of benzene rings is 2. The first-order chi connectivity index (χ1) is 15.5. The lowest BCUT2D eigenvalue weighted by Crippen LogP contribution is -2.35. The third-order valence-corrected chi connectivity index (χ3v) is 5.77. The quantitative estimate of drug-likeness (QED) is 0.506. The van der Waals surface area contributed by atoms with Gasteiger partial charge in [0.25, 0.3) is 5.89 Å². The van der Waals surface area contributed by atoms with E-state index in [0.29, 0.717) is 11.1 Å². The lowest BCUT2D eigenvalue weighted by atomic mass is 10.1. The molecule has 1 aliphatic rings. The van der Waals surface area contributed by atoms with Crippen molar-refractivity contribution in [2.75, 3.05) is 13.1 Å². The number of piperidine rings is 1. The number of rotatable bonds is 5. The van der Waals surface area contributed by atoms with Crippen LogP contribution in [0.25, 0.3) is 22.5 Å². The van der Waals surface area contributed by atoms with Crippen LogP contribution in [0.2, 0.25) is 0 Å². The molecule has 3 heterocycles. The minimum atomic E-state index is -2.84. The van der Waals surface area contributed by atoms with Gasteiger partial charge >= 0.3 is 12.1 Å². The highest BCUT2D eigenvalue weighted by Crippen LogP contribution is 2.26. The van der Waals surface area contributed by atoms with Crippen molar-refractivity contribution in [1.82, 2.24) is 24.6 Å². The van der Waals surface area contributed by atoms with Gasteiger partial charge < -0.3 is 9.73 Å². The molecule has 2 aromatic heterocycles. The summed E-state index contributed by atoms with van der Waals surface area (Å²) in [7, 11) is 0. The summed E-state index contributed by atoms with van der Waals surface area (Å²) in [5.41, 5.74) is 1.84. The Hall–Kier alpha value is -3.40. The van der Waals surface area contributed by atoms with Crippen LogP contribution in [0.1, 0.15) is 36.8 Å². The highest BCUT2D eigenvalue weighted by Gasteiger charge is 2.24. The van der Waals surface area contributed by atoms with E-state index in [4.69, 9.17) is 4.42 Å². The molecule has 4 aromatic rings. The SMILES string of the molecule is O=c1n(Cc2ccc(-c3nnc(C(F)F)o3)cc2)c2c(F)cccc2n1C1CCNCC1. The van der Waals surface area contributed by atoms with Crippen molar-refractivity contribution in [3.8, 4) is 11.5 Å². The first-order valence-corrected chi connectivity index (χ1v) is 10.3. The molecule has 1 fully saturated rings. The number of hydrogen-bond donors (Lipinski definition) is 1. The topological polar surface area (TPSA) is 77.9 Å². The normalized spacial score (nSPS) is 15.1. The fourth-order valence-corrected chi connectivity index (χ4v) is 4.23. The van der Waals surface area contributed by atoms with Gasteiger partial charge in [-0.3, -0.25) is 9.13 Å². The molecule has 0 bridgehead atoms. The Labute approximate surface area is 180 Å². The first kappa shape index (κ1) is 20.5. The van der Waals surface area contributed by atoms with Crippen LogP contribution in [0, 0.1) is 5.82 Å². The van der Waals surface area contributed by atoms with Crippen molar-refractivity contribution in [3.05, 3.63) is 70.2 Å². The van der Waals surface area contributed by atoms with Gasteiger partial charge in [-0.25, -0.2) is 9.18 Å². The van der Waals surface area contributed by atoms with Crippen LogP contribution in [-0.4, -0.2) is 32.4 Å². The molecule has 1 saturated heterocycles. The van der Waals surface area contributed by atoms with E-state index >= 15 is 0 Å². The van der Waals surface area contributed by atoms with Crippen LogP contribution in [0.3, 0.4) is 0 Å². The van der Waals surface area contributed by atoms with Crippen LogP contribution in [-0.2, 0) is 6.54 Å². The summed E-state index contributed by atoms with van der Waals surface area (Å²) in [5.74, 6) is -1.20. The second kappa shape index (κ2) is 8.27. The standard InChI is InChI=1S/C22H20F3N5O2/c23-16-2-1-3-17-18(16)29(22(31)30(17)15-8-10-26-11-9-15)12-13-4-6-14(7-5-13)20-27-28-21(32-20)19(24)25/h1-7,15,19,26H,8-12H2. The van der Waals surface area contributed by atoms with Gasteiger partial charge in [0.15, 0.2) is 0 Å². The molecular formula is C22H20F3N5O2. The number of imidazole rings is 1. The molecule has 1 N–H and O–H groups in total. The summed E-state index contributed by atoms with van der Waals surface area (Å²) in [6, 6.07) is 11.5. The highest BCUT2D eigenvalue weighted by atomic mass is 19.3. The maximum Gasteiger partial charge on any atom is 0.329 e. The molecule has 0 amide bonds. The van der Waals surface area contributed by atoms with Crippen LogP contribution < -0.4 is 11.0 Å². The molecule has 0 atom stereocenters. The molecular weight excluding hydrogens is 423 g/mol. The molecule has 10 heteroatoms. The summed E-state index contributed by atoms with van der Waals surface area (Å²) < 4.78 is 48.3. The van der Waals surface area contributed by atoms with Crippen molar-refractivity contribution in [1.29, 1.82) is 0 Å². The van der Waals surface area contributed by atoms with Gasteiger partial charge in [-0.1, -0.05) is 18.2 Å². The molecule has 0 spiro atoms. The number of hydrogen-bond acceptors (Lipinski definition) is 5. The molecule has 166 valence electrons. The fraction of sp³-hybridized carbons (Fsp3) is 0.318. The van der Waals surface area contributed by atoms with Crippen molar-refractivity contribution < 1.29 is 17.6 Å². The van der Waals surface area contributed by atoms with Crippen LogP contribution in [0.15, 0.2) is 51.7 Å². The number of para-hydroxylation sites is 1. The third-order valence-electron chi connectivity index (χ3n) is 5.77. The molecule has 5 rings (SSSR count). The third kappa shape index (κ3) is 3.60. The van der Waals surface area contributed by atoms with E-state index in [2.05, 4.69) is 15.5 Å². The number of alkyl halides is 2. The highest BCUT2D eigenvalue weighted by molar-refractivity contribution is 5.77. The van der Waals surface area contributed by atoms with Crippen molar-refractivity contribution in [2.24, 2.45) is 0 Å². The van der Waals surface area contributed by atoms with E-state index in [0.717, 1.165) is 31.5 Å². The predicted octanol–water partition coefficient (Wildman–Crippen LogP) is 3.90. The summed E-state index contributed by atoms with van der Waals surface area (Å²) in [4.78, 5) is 13.3. The number of halogens is 3. The maximum absolute atomic E-state index is 14.8. The van der Waals surface area contributed by atoms with Gasteiger partial charge in [0.2, 0.25) is 5.89 Å². The Kier molecular flexibility index (Phi) is 5.30. The number of aromatic nitrogens is 4. The zero-order valence-corrected chi connectivity index (χ0v) is 17.0. The molecule has 0 aliphatic carbocycles. The molecule has 7 nitrogen and oxygen atoms in total. The van der Waals surface area contributed by atoms with Gasteiger partial charge in [-0.15, -0.1) is 10.2 Å². The Morgan fingerprint density at radius 1 is 1.09 bits per heavy atom. The van der Waals surface area contributed by atoms with Gasteiger partial charge in [0, 0.05) is 11.6 Å². The van der Waals surface area contributed by atoms with Crippen LogP contribution in [0.5, 0.6) is 0 Å². The minimum Gasteiger partial charge on any atom is -0.415 e. The average Bonchev–Trinajstić information content (AvgIpc) is 3.40. The first-order valence-electron chi connectivity index (χ1n) is 10.3. The summed E-state index contributed by atoms with van der Waals surface area (Å²) in [6.45, 7) is 1.79. The zero-order chi connectivity index (χ0) is 22.2. The Balaban J connectivity index is 1.50. The second-order valence-corrected chi connectivity index (χ2v) is 7.77. The minimum absolute atomic E-state index is 0.0123. The number of nitrogens with zero attached hydrogens (tertiary/aromatic N) is 4. The summed E-state index contributed by atoms with van der Waals surface area (Å²) >= 11 is 0. The second-order valence-electron chi connectivity index (χ2n) is 7.77. The molecule has 0 saturated carbocycles. The molecule has 1 aliphatic heterocycles. The van der Waals surface area contributed by atoms with Crippen LogP contribution >= 0.6 is 0 Å². The van der Waals surface area contributed by atoms with E-state index in [1.165, 1.54) is 10.6 Å². The fourth-order valence-electron chi connectivity index (χ4n) is 4.23. The smallest absolute Gasteiger partial charge is 0.329 e. The summed E-state index contributed by atoms with van der Waals surface area (Å²) in [6.07, 6.45) is -1.24. The molecule has 0 unspecified atom stereocenters. The average molecular weight is 443 g/mol. The van der Waals surface area contributed by atoms with Crippen LogP contribution in [0.4, 0.5) is 13.2 Å². The van der Waals surface area contributed by atoms with Crippen molar-refractivity contribution in [3.63, 3.8) is 0 Å². The van der Waals surface area contributed by atoms with Crippen molar-refractivity contribution >= 4 is 11.0 Å².